The van der Waals surface area contributed by atoms with Crippen LogP contribution in [0.1, 0.15) is 24.9 Å². The van der Waals surface area contributed by atoms with Crippen LogP contribution in [0.25, 0.3) is 0 Å². The van der Waals surface area contributed by atoms with E-state index >= 15 is 0 Å². The van der Waals surface area contributed by atoms with Crippen LogP contribution < -0.4 is 15.4 Å². The van der Waals surface area contributed by atoms with Crippen molar-refractivity contribution in [1.82, 2.24) is 0 Å². The molecule has 0 saturated heterocycles. The van der Waals surface area contributed by atoms with Gasteiger partial charge in [-0.25, -0.2) is 0 Å². The zero-order valence-electron chi connectivity index (χ0n) is 13.6. The predicted molar refractivity (Wildman–Crippen MR) is 86.2 cm³/mol. The molecule has 0 amide bonds. The summed E-state index contributed by atoms with van der Waals surface area (Å²) >= 11 is 0. The molecule has 0 unspecified atom stereocenters. The normalized spacial score (nSPS) is 12.2. The summed E-state index contributed by atoms with van der Waals surface area (Å²) in [5.74, 6) is 0.830. The van der Waals surface area contributed by atoms with Crippen molar-refractivity contribution >= 4 is 5.69 Å². The van der Waals surface area contributed by atoms with Crippen LogP contribution in [0.2, 0.25) is 0 Å². The Labute approximate surface area is 128 Å². The minimum absolute atomic E-state index is 0.0939. The summed E-state index contributed by atoms with van der Waals surface area (Å²) in [5.41, 5.74) is 8.29. The van der Waals surface area contributed by atoms with Gasteiger partial charge in [-0.2, -0.15) is 0 Å². The van der Waals surface area contributed by atoms with Gasteiger partial charge in [0.05, 0.1) is 13.7 Å². The monoisotopic (exact) mass is 296 g/mol. The SMILES string of the molecule is COCCCN(CCOC)c1cccc(OC)c1[C@H](C)N. The van der Waals surface area contributed by atoms with Crippen molar-refractivity contribution in [3.05, 3.63) is 23.8 Å². The third-order valence-corrected chi connectivity index (χ3v) is 3.40. The smallest absolute Gasteiger partial charge is 0.125 e. The van der Waals surface area contributed by atoms with Crippen LogP contribution in [-0.2, 0) is 9.47 Å². The van der Waals surface area contributed by atoms with Crippen molar-refractivity contribution in [1.29, 1.82) is 0 Å². The molecule has 120 valence electrons. The average Bonchev–Trinajstić information content (AvgIpc) is 2.49. The zero-order valence-corrected chi connectivity index (χ0v) is 13.6. The first-order valence-electron chi connectivity index (χ1n) is 7.31. The number of nitrogens with zero attached hydrogens (tertiary/aromatic N) is 1. The molecule has 1 atom stereocenters. The molecular formula is C16H28N2O3. The van der Waals surface area contributed by atoms with E-state index in [-0.39, 0.29) is 6.04 Å². The lowest BCUT2D eigenvalue weighted by molar-refractivity contribution is 0.191. The van der Waals surface area contributed by atoms with Crippen LogP contribution in [0.15, 0.2) is 18.2 Å². The standard InChI is InChI=1S/C16H28N2O3/c1-13(17)16-14(7-5-8-15(16)21-4)18(10-12-20-3)9-6-11-19-2/h5,7-8,13H,6,9-12,17H2,1-4H3/t13-/m0/s1. The van der Waals surface area contributed by atoms with Crippen LogP contribution in [0.4, 0.5) is 5.69 Å². The molecule has 5 nitrogen and oxygen atoms in total. The van der Waals surface area contributed by atoms with Gasteiger partial charge in [0.15, 0.2) is 0 Å². The molecule has 1 aromatic carbocycles. The third kappa shape index (κ3) is 5.19. The van der Waals surface area contributed by atoms with Gasteiger partial charge in [0.1, 0.15) is 5.75 Å². The summed E-state index contributed by atoms with van der Waals surface area (Å²) in [6, 6.07) is 5.94. The summed E-state index contributed by atoms with van der Waals surface area (Å²) in [5, 5.41) is 0. The van der Waals surface area contributed by atoms with E-state index in [0.717, 1.165) is 43.1 Å². The number of methoxy groups -OCH3 is 3. The molecule has 21 heavy (non-hydrogen) atoms. The fourth-order valence-electron chi connectivity index (χ4n) is 2.40. The van der Waals surface area contributed by atoms with Gasteiger partial charge in [0, 0.05) is 51.2 Å². The number of nitrogens with two attached hydrogens (primary N) is 1. The Bertz CT molecular complexity index is 411. The molecule has 0 spiro atoms. The maximum absolute atomic E-state index is 6.15. The van der Waals surface area contributed by atoms with Gasteiger partial charge < -0.3 is 24.8 Å². The van der Waals surface area contributed by atoms with E-state index in [0.29, 0.717) is 6.61 Å². The zero-order chi connectivity index (χ0) is 15.7. The minimum atomic E-state index is -0.0939. The minimum Gasteiger partial charge on any atom is -0.496 e. The van der Waals surface area contributed by atoms with Crippen molar-refractivity contribution in [2.75, 3.05) is 52.5 Å². The second-order valence-corrected chi connectivity index (χ2v) is 5.01. The summed E-state index contributed by atoms with van der Waals surface area (Å²) in [4.78, 5) is 2.28. The number of rotatable bonds is 10. The molecule has 1 rings (SSSR count). The fourth-order valence-corrected chi connectivity index (χ4v) is 2.40. The number of hydrogen-bond acceptors (Lipinski definition) is 5. The molecule has 5 heteroatoms. The first-order valence-corrected chi connectivity index (χ1v) is 7.31. The van der Waals surface area contributed by atoms with Gasteiger partial charge in [-0.1, -0.05) is 6.07 Å². The van der Waals surface area contributed by atoms with Crippen LogP contribution in [0.5, 0.6) is 5.75 Å². The molecule has 0 aliphatic rings. The molecule has 0 aromatic heterocycles. The van der Waals surface area contributed by atoms with E-state index < -0.39 is 0 Å². The van der Waals surface area contributed by atoms with E-state index in [4.69, 9.17) is 19.9 Å². The first kappa shape index (κ1) is 17.8. The summed E-state index contributed by atoms with van der Waals surface area (Å²) in [7, 11) is 5.11. The van der Waals surface area contributed by atoms with E-state index in [1.807, 2.05) is 19.1 Å². The number of hydrogen-bond donors (Lipinski definition) is 1. The lowest BCUT2D eigenvalue weighted by Crippen LogP contribution is -2.30. The van der Waals surface area contributed by atoms with Gasteiger partial charge in [-0.3, -0.25) is 0 Å². The lowest BCUT2D eigenvalue weighted by Gasteiger charge is -2.29. The van der Waals surface area contributed by atoms with E-state index in [1.54, 1.807) is 21.3 Å². The Morgan fingerprint density at radius 3 is 2.38 bits per heavy atom. The van der Waals surface area contributed by atoms with E-state index in [2.05, 4.69) is 11.0 Å². The number of benzene rings is 1. The number of ether oxygens (including phenoxy) is 3. The molecular weight excluding hydrogens is 268 g/mol. The Kier molecular flexibility index (Phi) is 8.12. The molecule has 0 radical (unpaired) electrons. The molecule has 0 aliphatic heterocycles. The van der Waals surface area contributed by atoms with Crippen molar-refractivity contribution in [3.63, 3.8) is 0 Å². The fraction of sp³-hybridized carbons (Fsp3) is 0.625. The van der Waals surface area contributed by atoms with Crippen molar-refractivity contribution in [2.24, 2.45) is 5.73 Å². The summed E-state index contributed by atoms with van der Waals surface area (Å²) < 4.78 is 15.8. The Morgan fingerprint density at radius 1 is 1.10 bits per heavy atom. The average molecular weight is 296 g/mol. The highest BCUT2D eigenvalue weighted by Gasteiger charge is 2.17. The van der Waals surface area contributed by atoms with Gasteiger partial charge in [0.2, 0.25) is 0 Å². The second-order valence-electron chi connectivity index (χ2n) is 5.01. The third-order valence-electron chi connectivity index (χ3n) is 3.40. The Morgan fingerprint density at radius 2 is 1.81 bits per heavy atom. The Balaban J connectivity index is 3.03. The van der Waals surface area contributed by atoms with Crippen LogP contribution in [-0.4, -0.2) is 47.6 Å². The molecule has 1 aromatic rings. The highest BCUT2D eigenvalue weighted by Crippen LogP contribution is 2.33. The second kappa shape index (κ2) is 9.60. The van der Waals surface area contributed by atoms with Gasteiger partial charge in [-0.15, -0.1) is 0 Å². The van der Waals surface area contributed by atoms with Crippen LogP contribution in [0.3, 0.4) is 0 Å². The Hall–Kier alpha value is -1.30. The molecule has 0 aliphatic carbocycles. The molecule has 0 fully saturated rings. The largest absolute Gasteiger partial charge is 0.496 e. The molecule has 2 N–H and O–H groups in total. The summed E-state index contributed by atoms with van der Waals surface area (Å²) in [6.45, 7) is 5.09. The maximum atomic E-state index is 6.15. The maximum Gasteiger partial charge on any atom is 0.125 e. The van der Waals surface area contributed by atoms with Crippen molar-refractivity contribution < 1.29 is 14.2 Å². The quantitative estimate of drug-likeness (QED) is 0.671. The van der Waals surface area contributed by atoms with E-state index in [1.165, 1.54) is 0 Å². The van der Waals surface area contributed by atoms with Gasteiger partial charge in [-0.05, 0) is 25.5 Å². The van der Waals surface area contributed by atoms with Gasteiger partial charge in [0.25, 0.3) is 0 Å². The highest BCUT2D eigenvalue weighted by atomic mass is 16.5. The molecule has 0 bridgehead atoms. The lowest BCUT2D eigenvalue weighted by atomic mass is 10.0. The van der Waals surface area contributed by atoms with Crippen molar-refractivity contribution in [2.45, 2.75) is 19.4 Å². The molecule has 0 saturated carbocycles. The topological polar surface area (TPSA) is 57.0 Å². The van der Waals surface area contributed by atoms with E-state index in [9.17, 15) is 0 Å². The van der Waals surface area contributed by atoms with Gasteiger partial charge >= 0.3 is 0 Å². The highest BCUT2D eigenvalue weighted by molar-refractivity contribution is 5.60. The molecule has 0 heterocycles. The number of anilines is 1. The van der Waals surface area contributed by atoms with Crippen molar-refractivity contribution in [3.8, 4) is 5.75 Å². The summed E-state index contributed by atoms with van der Waals surface area (Å²) in [6.07, 6.45) is 0.954. The predicted octanol–water partition coefficient (Wildman–Crippen LogP) is 2.20. The first-order chi connectivity index (χ1) is 10.2. The van der Waals surface area contributed by atoms with Crippen LogP contribution >= 0.6 is 0 Å². The van der Waals surface area contributed by atoms with Crippen LogP contribution in [0, 0.1) is 0 Å².